The molecule has 3 heteroatoms. The zero-order valence-electron chi connectivity index (χ0n) is 7.72. The minimum Gasteiger partial charge on any atom is -0.297 e. The predicted molar refractivity (Wildman–Crippen MR) is 58.0 cm³/mol. The van der Waals surface area contributed by atoms with Crippen molar-refractivity contribution in [1.82, 2.24) is 4.90 Å². The molecule has 0 N–H and O–H groups in total. The molecule has 0 aromatic carbocycles. The fourth-order valence-electron chi connectivity index (χ4n) is 1.46. The Bertz CT molecular complexity index is 168. The van der Waals surface area contributed by atoms with Crippen LogP contribution in [0.1, 0.15) is 13.8 Å². The van der Waals surface area contributed by atoms with Gasteiger partial charge in [-0.05, 0) is 13.8 Å². The molecule has 1 nitrogen and oxygen atoms in total. The van der Waals surface area contributed by atoms with Crippen LogP contribution in [0.2, 0.25) is 0 Å². The van der Waals surface area contributed by atoms with E-state index in [0.29, 0.717) is 4.75 Å². The van der Waals surface area contributed by atoms with Crippen molar-refractivity contribution in [1.29, 1.82) is 0 Å². The lowest BCUT2D eigenvalue weighted by atomic mass is 10.2. The number of rotatable bonds is 2. The van der Waals surface area contributed by atoms with Crippen LogP contribution >= 0.6 is 23.4 Å². The fraction of sp³-hybridized carbons (Fsp3) is 0.778. The molecule has 0 aromatic heterocycles. The molecule has 1 aliphatic heterocycles. The Hall–Kier alpha value is 0.340. The quantitative estimate of drug-likeness (QED) is 0.682. The maximum atomic E-state index is 5.48. The first-order chi connectivity index (χ1) is 5.64. The predicted octanol–water partition coefficient (Wildman–Crippen LogP) is 2.57. The van der Waals surface area contributed by atoms with Gasteiger partial charge in [-0.3, -0.25) is 4.90 Å². The Morgan fingerprint density at radius 3 is 2.92 bits per heavy atom. The van der Waals surface area contributed by atoms with Crippen LogP contribution in [0.15, 0.2) is 11.6 Å². The number of halogens is 1. The van der Waals surface area contributed by atoms with Crippen molar-refractivity contribution in [3.63, 3.8) is 0 Å². The largest absolute Gasteiger partial charge is 0.297 e. The van der Waals surface area contributed by atoms with E-state index in [0.717, 1.165) is 6.54 Å². The third-order valence-electron chi connectivity index (χ3n) is 1.96. The first-order valence-electron chi connectivity index (χ1n) is 4.25. The summed E-state index contributed by atoms with van der Waals surface area (Å²) in [5, 5.41) is 0. The molecule has 12 heavy (non-hydrogen) atoms. The molecule has 0 spiro atoms. The number of nitrogens with zero attached hydrogens (tertiary/aromatic N) is 1. The van der Waals surface area contributed by atoms with E-state index in [-0.39, 0.29) is 0 Å². The van der Waals surface area contributed by atoms with E-state index in [1.54, 1.807) is 5.54 Å². The summed E-state index contributed by atoms with van der Waals surface area (Å²) in [6.45, 7) is 7.95. The van der Waals surface area contributed by atoms with Gasteiger partial charge < -0.3 is 0 Å². The second kappa shape index (κ2) is 4.54. The number of thioether (sulfide) groups is 1. The first-order valence-corrected chi connectivity index (χ1v) is 5.68. The molecule has 0 aliphatic carbocycles. The number of hydrogen-bond donors (Lipinski definition) is 0. The summed E-state index contributed by atoms with van der Waals surface area (Å²) in [4.78, 5) is 2.44. The van der Waals surface area contributed by atoms with Gasteiger partial charge in [0.15, 0.2) is 0 Å². The summed E-state index contributed by atoms with van der Waals surface area (Å²) in [5.74, 6) is 1.24. The van der Waals surface area contributed by atoms with Gasteiger partial charge in [0.2, 0.25) is 0 Å². The molecule has 1 saturated heterocycles. The van der Waals surface area contributed by atoms with Crippen LogP contribution < -0.4 is 0 Å². The standard InChI is InChI=1S/C9H16ClNS/c1-9(2)8-11(5-3-4-10)6-7-12-9/h3-4H,5-8H2,1-2H3/b4-3+. The average molecular weight is 206 g/mol. The smallest absolute Gasteiger partial charge is 0.0231 e. The molecule has 0 amide bonds. The maximum Gasteiger partial charge on any atom is 0.0231 e. The molecule has 0 saturated carbocycles. The molecule has 0 bridgehead atoms. The van der Waals surface area contributed by atoms with Gasteiger partial charge in [0.05, 0.1) is 0 Å². The van der Waals surface area contributed by atoms with Crippen molar-refractivity contribution in [2.24, 2.45) is 0 Å². The zero-order chi connectivity index (χ0) is 9.03. The van der Waals surface area contributed by atoms with E-state index in [1.807, 2.05) is 6.08 Å². The lowest BCUT2D eigenvalue weighted by Crippen LogP contribution is -2.42. The van der Waals surface area contributed by atoms with Gasteiger partial charge in [0.25, 0.3) is 0 Å². The van der Waals surface area contributed by atoms with Crippen LogP contribution in [0, 0.1) is 0 Å². The van der Waals surface area contributed by atoms with Gasteiger partial charge in [-0.2, -0.15) is 11.8 Å². The third kappa shape index (κ3) is 3.38. The normalized spacial score (nSPS) is 24.9. The third-order valence-corrected chi connectivity index (χ3v) is 3.43. The Balaban J connectivity index is 2.36. The Morgan fingerprint density at radius 2 is 2.33 bits per heavy atom. The highest BCUT2D eigenvalue weighted by Gasteiger charge is 2.25. The summed E-state index contributed by atoms with van der Waals surface area (Å²) in [6.07, 6.45) is 2.01. The minimum absolute atomic E-state index is 0.415. The second-order valence-electron chi connectivity index (χ2n) is 3.70. The van der Waals surface area contributed by atoms with Crippen LogP contribution in [0.4, 0.5) is 0 Å². The van der Waals surface area contributed by atoms with Crippen LogP contribution in [-0.2, 0) is 0 Å². The molecule has 0 unspecified atom stereocenters. The summed E-state index contributed by atoms with van der Waals surface area (Å²) in [7, 11) is 0. The minimum atomic E-state index is 0.415. The topological polar surface area (TPSA) is 3.24 Å². The lowest BCUT2D eigenvalue weighted by Gasteiger charge is -2.36. The molecule has 1 heterocycles. The first kappa shape index (κ1) is 10.4. The Labute approximate surface area is 84.1 Å². The van der Waals surface area contributed by atoms with Gasteiger partial charge >= 0.3 is 0 Å². The summed E-state index contributed by atoms with van der Waals surface area (Å²) in [6, 6.07) is 0. The molecule has 1 rings (SSSR count). The van der Waals surface area contributed by atoms with Crippen molar-refractivity contribution >= 4 is 23.4 Å². The van der Waals surface area contributed by atoms with E-state index in [2.05, 4.69) is 30.5 Å². The molecule has 70 valence electrons. The van der Waals surface area contributed by atoms with Crippen molar-refractivity contribution < 1.29 is 0 Å². The second-order valence-corrected chi connectivity index (χ2v) is 5.76. The molecule has 0 atom stereocenters. The van der Waals surface area contributed by atoms with E-state index in [4.69, 9.17) is 11.6 Å². The van der Waals surface area contributed by atoms with Crippen molar-refractivity contribution in [3.8, 4) is 0 Å². The molecule has 1 aliphatic rings. The summed E-state index contributed by atoms with van der Waals surface area (Å²) < 4.78 is 0.415. The Morgan fingerprint density at radius 1 is 1.58 bits per heavy atom. The van der Waals surface area contributed by atoms with Crippen molar-refractivity contribution in [2.75, 3.05) is 25.4 Å². The summed E-state index contributed by atoms with van der Waals surface area (Å²) in [5.41, 5.74) is 1.61. The molecule has 1 fully saturated rings. The average Bonchev–Trinajstić information content (AvgIpc) is 1.99. The molecule has 0 radical (unpaired) electrons. The van der Waals surface area contributed by atoms with Gasteiger partial charge in [-0.25, -0.2) is 0 Å². The highest BCUT2D eigenvalue weighted by atomic mass is 35.5. The fourth-order valence-corrected chi connectivity index (χ4v) is 2.71. The van der Waals surface area contributed by atoms with E-state index >= 15 is 0 Å². The van der Waals surface area contributed by atoms with Gasteiger partial charge in [-0.1, -0.05) is 17.7 Å². The zero-order valence-corrected chi connectivity index (χ0v) is 9.29. The molecule has 0 aromatic rings. The van der Waals surface area contributed by atoms with Gasteiger partial charge in [0.1, 0.15) is 0 Å². The summed E-state index contributed by atoms with van der Waals surface area (Å²) >= 11 is 7.54. The van der Waals surface area contributed by atoms with E-state index < -0.39 is 0 Å². The lowest BCUT2D eigenvalue weighted by molar-refractivity contribution is 0.287. The van der Waals surface area contributed by atoms with Crippen LogP contribution in [0.3, 0.4) is 0 Å². The number of hydrogen-bond acceptors (Lipinski definition) is 2. The molecular formula is C9H16ClNS. The van der Waals surface area contributed by atoms with Crippen LogP contribution in [-0.4, -0.2) is 35.0 Å². The van der Waals surface area contributed by atoms with Crippen LogP contribution in [0.25, 0.3) is 0 Å². The molecular weight excluding hydrogens is 190 g/mol. The monoisotopic (exact) mass is 205 g/mol. The Kier molecular flexibility index (Phi) is 3.94. The van der Waals surface area contributed by atoms with Crippen molar-refractivity contribution in [2.45, 2.75) is 18.6 Å². The van der Waals surface area contributed by atoms with Crippen molar-refractivity contribution in [3.05, 3.63) is 11.6 Å². The van der Waals surface area contributed by atoms with Crippen LogP contribution in [0.5, 0.6) is 0 Å². The van der Waals surface area contributed by atoms with Gasteiger partial charge in [0, 0.05) is 35.7 Å². The maximum absolute atomic E-state index is 5.48. The van der Waals surface area contributed by atoms with Gasteiger partial charge in [-0.15, -0.1) is 0 Å². The van der Waals surface area contributed by atoms with E-state index in [1.165, 1.54) is 18.8 Å². The highest BCUT2D eigenvalue weighted by molar-refractivity contribution is 8.00. The SMILES string of the molecule is CC1(C)CN(C/C=C/Cl)CCS1. The highest BCUT2D eigenvalue weighted by Crippen LogP contribution is 2.29. The van der Waals surface area contributed by atoms with E-state index in [9.17, 15) is 0 Å².